The maximum Gasteiger partial charge on any atom is 0.289 e. The molecule has 0 saturated carbocycles. The number of piperazine rings is 1. The minimum absolute atomic E-state index is 0.187. The average molecular weight is 541 g/mol. The molecular weight excluding hydrogens is 516 g/mol. The van der Waals surface area contributed by atoms with E-state index in [0.717, 1.165) is 48.8 Å². The van der Waals surface area contributed by atoms with Crippen LogP contribution in [0.2, 0.25) is 5.28 Å². The molecule has 0 radical (unpaired) electrons. The van der Waals surface area contributed by atoms with Crippen molar-refractivity contribution in [2.45, 2.75) is 6.54 Å². The number of halogens is 1. The number of ether oxygens (including phenoxy) is 1. The first-order valence-corrected chi connectivity index (χ1v) is 13.3. The number of primary amides is 1. The number of hydrogen-bond donors (Lipinski definition) is 1. The number of fused-ring (bicyclic) bond motifs is 2. The zero-order valence-corrected chi connectivity index (χ0v) is 21.6. The van der Waals surface area contributed by atoms with Crippen LogP contribution in [-0.4, -0.2) is 84.1 Å². The monoisotopic (exact) mass is 540 g/mol. The zero-order chi connectivity index (χ0) is 25.5. The van der Waals surface area contributed by atoms with Crippen LogP contribution in [0.15, 0.2) is 34.7 Å². The summed E-state index contributed by atoms with van der Waals surface area (Å²) in [6, 6.07) is 8.87. The molecule has 2 fully saturated rings. The molecule has 3 aromatic heterocycles. The van der Waals surface area contributed by atoms with E-state index in [2.05, 4.69) is 25.8 Å². The van der Waals surface area contributed by atoms with Gasteiger partial charge in [-0.2, -0.15) is 4.98 Å². The SMILES string of the molecule is NC(=O)c1cccc2cc(C(=O)N3CCN(Cc4cc5nc(Cl)nc(N6CCOCC6)c5s4)CC3)oc12. The molecule has 0 bridgehead atoms. The highest BCUT2D eigenvalue weighted by atomic mass is 35.5. The van der Waals surface area contributed by atoms with E-state index in [4.69, 9.17) is 26.5 Å². The van der Waals surface area contributed by atoms with Crippen LogP contribution in [0.5, 0.6) is 0 Å². The molecule has 2 N–H and O–H groups in total. The van der Waals surface area contributed by atoms with Gasteiger partial charge < -0.3 is 24.7 Å². The summed E-state index contributed by atoms with van der Waals surface area (Å²) in [5.41, 5.74) is 6.92. The third kappa shape index (κ3) is 4.75. The third-order valence-corrected chi connectivity index (χ3v) is 8.02. The normalized spacial score (nSPS) is 17.1. The number of benzene rings is 1. The van der Waals surface area contributed by atoms with Crippen LogP contribution in [0.1, 0.15) is 25.8 Å². The minimum Gasteiger partial charge on any atom is -0.450 e. The van der Waals surface area contributed by atoms with Crippen LogP contribution in [0.25, 0.3) is 21.2 Å². The van der Waals surface area contributed by atoms with Gasteiger partial charge in [-0.1, -0.05) is 12.1 Å². The van der Waals surface area contributed by atoms with E-state index >= 15 is 0 Å². The first-order valence-electron chi connectivity index (χ1n) is 12.1. The number of aromatic nitrogens is 2. The quantitative estimate of drug-likeness (QED) is 0.384. The average Bonchev–Trinajstić information content (AvgIpc) is 3.52. The molecule has 5 heterocycles. The Balaban J connectivity index is 1.13. The van der Waals surface area contributed by atoms with Gasteiger partial charge in [0, 0.05) is 56.1 Å². The van der Waals surface area contributed by atoms with Crippen molar-refractivity contribution in [3.8, 4) is 0 Å². The van der Waals surface area contributed by atoms with Crippen molar-refractivity contribution in [3.05, 3.63) is 51.8 Å². The largest absolute Gasteiger partial charge is 0.450 e. The molecule has 37 heavy (non-hydrogen) atoms. The molecule has 0 spiro atoms. The second kappa shape index (κ2) is 9.90. The number of thiophene rings is 1. The molecule has 6 rings (SSSR count). The van der Waals surface area contributed by atoms with E-state index in [9.17, 15) is 9.59 Å². The first-order chi connectivity index (χ1) is 18.0. The Hall–Kier alpha value is -3.25. The smallest absolute Gasteiger partial charge is 0.289 e. The van der Waals surface area contributed by atoms with Crippen molar-refractivity contribution < 1.29 is 18.7 Å². The fraction of sp³-hybridized carbons (Fsp3) is 0.360. The molecule has 0 unspecified atom stereocenters. The highest BCUT2D eigenvalue weighted by Crippen LogP contribution is 2.34. The summed E-state index contributed by atoms with van der Waals surface area (Å²) in [5.74, 6) is 0.315. The van der Waals surface area contributed by atoms with Crippen LogP contribution in [0.4, 0.5) is 5.82 Å². The van der Waals surface area contributed by atoms with Gasteiger partial charge in [-0.05, 0) is 29.8 Å². The molecule has 10 nitrogen and oxygen atoms in total. The Labute approximate surface area is 221 Å². The van der Waals surface area contributed by atoms with Crippen molar-refractivity contribution >= 4 is 61.8 Å². The van der Waals surface area contributed by atoms with Gasteiger partial charge in [0.2, 0.25) is 5.28 Å². The minimum atomic E-state index is -0.584. The standard InChI is InChI=1S/C25H25ClN6O4S/c26-25-28-18-13-16(37-21(18)23(29-25)31-8-10-35-11-9-31)14-30-4-6-32(7-5-30)24(34)19-12-15-2-1-3-17(22(27)33)20(15)36-19/h1-3,12-13H,4-11,14H2,(H2,27,33). The van der Waals surface area contributed by atoms with Crippen LogP contribution >= 0.6 is 22.9 Å². The fourth-order valence-electron chi connectivity index (χ4n) is 4.85. The number of rotatable bonds is 5. The van der Waals surface area contributed by atoms with Crippen molar-refractivity contribution in [3.63, 3.8) is 0 Å². The lowest BCUT2D eigenvalue weighted by Gasteiger charge is -2.34. The Morgan fingerprint density at radius 2 is 1.84 bits per heavy atom. The highest BCUT2D eigenvalue weighted by Gasteiger charge is 2.26. The number of anilines is 1. The number of hydrogen-bond acceptors (Lipinski definition) is 9. The van der Waals surface area contributed by atoms with Crippen molar-refractivity contribution in [1.82, 2.24) is 19.8 Å². The van der Waals surface area contributed by atoms with E-state index < -0.39 is 5.91 Å². The highest BCUT2D eigenvalue weighted by molar-refractivity contribution is 7.19. The third-order valence-electron chi connectivity index (χ3n) is 6.75. The molecule has 2 saturated heterocycles. The molecular formula is C25H25ClN6O4S. The molecule has 192 valence electrons. The summed E-state index contributed by atoms with van der Waals surface area (Å²) >= 11 is 7.93. The van der Waals surface area contributed by atoms with Crippen LogP contribution in [0.3, 0.4) is 0 Å². The Bertz CT molecular complexity index is 1490. The summed E-state index contributed by atoms with van der Waals surface area (Å²) in [6.45, 7) is 6.28. The maximum atomic E-state index is 13.1. The lowest BCUT2D eigenvalue weighted by molar-refractivity contribution is 0.0601. The van der Waals surface area contributed by atoms with E-state index in [0.29, 0.717) is 37.3 Å². The molecule has 4 aromatic rings. The van der Waals surface area contributed by atoms with E-state index in [1.807, 2.05) is 0 Å². The molecule has 2 aliphatic rings. The molecule has 2 aliphatic heterocycles. The summed E-state index contributed by atoms with van der Waals surface area (Å²) in [4.78, 5) is 41.3. The summed E-state index contributed by atoms with van der Waals surface area (Å²) in [5, 5.41) is 0.932. The van der Waals surface area contributed by atoms with Gasteiger partial charge in [-0.15, -0.1) is 11.3 Å². The van der Waals surface area contributed by atoms with Gasteiger partial charge in [0.25, 0.3) is 11.8 Å². The van der Waals surface area contributed by atoms with E-state index in [-0.39, 0.29) is 22.5 Å². The zero-order valence-electron chi connectivity index (χ0n) is 20.0. The van der Waals surface area contributed by atoms with Crippen LogP contribution in [-0.2, 0) is 11.3 Å². The van der Waals surface area contributed by atoms with Gasteiger partial charge in [0.05, 0.1) is 29.0 Å². The van der Waals surface area contributed by atoms with Gasteiger partial charge in [-0.25, -0.2) is 4.98 Å². The molecule has 0 atom stereocenters. The Kier molecular flexibility index (Phi) is 6.45. The summed E-state index contributed by atoms with van der Waals surface area (Å²) in [7, 11) is 0. The van der Waals surface area contributed by atoms with Crippen LogP contribution in [0, 0.1) is 0 Å². The number of morpholine rings is 1. The van der Waals surface area contributed by atoms with Gasteiger partial charge >= 0.3 is 0 Å². The Morgan fingerprint density at radius 1 is 1.05 bits per heavy atom. The lowest BCUT2D eigenvalue weighted by Crippen LogP contribution is -2.48. The first kappa shape index (κ1) is 24.1. The molecule has 1 aromatic carbocycles. The number of para-hydroxylation sites is 1. The van der Waals surface area contributed by atoms with Crippen molar-refractivity contribution in [2.24, 2.45) is 5.73 Å². The van der Waals surface area contributed by atoms with Crippen molar-refractivity contribution in [2.75, 3.05) is 57.4 Å². The van der Waals surface area contributed by atoms with Gasteiger partial charge in [-0.3, -0.25) is 14.5 Å². The number of carbonyl (C=O) groups is 2. The summed E-state index contributed by atoms with van der Waals surface area (Å²) < 4.78 is 12.3. The number of furan rings is 1. The van der Waals surface area contributed by atoms with E-state index in [1.165, 1.54) is 4.88 Å². The lowest BCUT2D eigenvalue weighted by atomic mass is 10.1. The number of nitrogens with two attached hydrogens (primary N) is 1. The van der Waals surface area contributed by atoms with E-state index in [1.54, 1.807) is 40.5 Å². The number of amides is 2. The number of carbonyl (C=O) groups excluding carboxylic acids is 2. The predicted octanol–water partition coefficient (Wildman–Crippen LogP) is 2.98. The van der Waals surface area contributed by atoms with Gasteiger partial charge in [0.15, 0.2) is 11.6 Å². The van der Waals surface area contributed by atoms with Gasteiger partial charge in [0.1, 0.15) is 5.58 Å². The molecule has 12 heteroatoms. The molecule has 0 aliphatic carbocycles. The maximum absolute atomic E-state index is 13.1. The topological polar surface area (TPSA) is 118 Å². The summed E-state index contributed by atoms with van der Waals surface area (Å²) in [6.07, 6.45) is 0. The van der Waals surface area contributed by atoms with Crippen LogP contribution < -0.4 is 10.6 Å². The molecule has 2 amide bonds. The predicted molar refractivity (Wildman–Crippen MR) is 141 cm³/mol. The van der Waals surface area contributed by atoms with Crippen molar-refractivity contribution in [1.29, 1.82) is 0 Å². The number of nitrogens with zero attached hydrogens (tertiary/aromatic N) is 5. The fourth-order valence-corrected chi connectivity index (χ4v) is 6.18. The second-order valence-electron chi connectivity index (χ2n) is 9.11. The Morgan fingerprint density at radius 3 is 2.59 bits per heavy atom. The second-order valence-corrected chi connectivity index (χ2v) is 10.6.